The van der Waals surface area contributed by atoms with E-state index in [0.29, 0.717) is 0 Å². The second kappa shape index (κ2) is 9.87. The van der Waals surface area contributed by atoms with Crippen LogP contribution in [0.15, 0.2) is 10.2 Å². The normalized spacial score (nSPS) is 11.6. The van der Waals surface area contributed by atoms with Gasteiger partial charge in [-0.3, -0.25) is 0 Å². The number of hydrogen-bond acceptors (Lipinski definition) is 9. The second-order valence-corrected chi connectivity index (χ2v) is 4.99. The summed E-state index contributed by atoms with van der Waals surface area (Å²) in [7, 11) is -4.86. The molecule has 102 valence electrons. The zero-order valence-corrected chi connectivity index (χ0v) is 15.2. The van der Waals surface area contributed by atoms with E-state index in [0.717, 1.165) is 0 Å². The van der Waals surface area contributed by atoms with E-state index in [1.54, 1.807) is 27.7 Å². The van der Waals surface area contributed by atoms with E-state index in [9.17, 15) is 0 Å². The van der Waals surface area contributed by atoms with Gasteiger partial charge in [-0.2, -0.15) is 20.8 Å². The minimum Gasteiger partial charge on any atom is -0.724 e. The van der Waals surface area contributed by atoms with Crippen molar-refractivity contribution < 1.29 is 73.9 Å². The molecule has 0 spiro atoms. The molecular formula is C8H13KN4O5S. The first-order valence-corrected chi connectivity index (χ1v) is 5.78. The van der Waals surface area contributed by atoms with Crippen molar-refractivity contribution >= 4 is 10.4 Å². The first-order chi connectivity index (χ1) is 7.89. The Kier molecular flexibility index (Phi) is 12.5. The Morgan fingerprint density at radius 2 is 1.32 bits per heavy atom. The molecule has 0 radical (unpaired) electrons. The molecule has 0 unspecified atom stereocenters. The predicted molar refractivity (Wildman–Crippen MR) is 57.7 cm³/mol. The van der Waals surface area contributed by atoms with E-state index in [1.165, 1.54) is 0 Å². The van der Waals surface area contributed by atoms with Crippen LogP contribution in [0, 0.1) is 22.7 Å². The van der Waals surface area contributed by atoms with E-state index >= 15 is 0 Å². The minimum atomic E-state index is -4.86. The van der Waals surface area contributed by atoms with Gasteiger partial charge in [-0.15, -0.1) is 4.33 Å². The standard InChI is InChI=1S/C8H12N4.K.H2O5S/c1-7(2,5-9)11-12-8(3,4)6-10;;1-5-6(2,3)4/h1-4H3;;1H,(H,2,3,4)/q;+1;/p-1. The topological polar surface area (TPSA) is 159 Å². The third-order valence-corrected chi connectivity index (χ3v) is 1.37. The van der Waals surface area contributed by atoms with Gasteiger partial charge in [0.05, 0.1) is 12.1 Å². The van der Waals surface area contributed by atoms with Crippen LogP contribution < -0.4 is 51.4 Å². The molecule has 0 rings (SSSR count). The van der Waals surface area contributed by atoms with Crippen molar-refractivity contribution in [2.45, 2.75) is 38.8 Å². The SMILES string of the molecule is CC(C)(C#N)N=NC(C)(C)C#N.O=S(=O)([O-])OO.[K+]. The van der Waals surface area contributed by atoms with Crippen LogP contribution in [0.1, 0.15) is 27.7 Å². The summed E-state index contributed by atoms with van der Waals surface area (Å²) >= 11 is 0. The summed E-state index contributed by atoms with van der Waals surface area (Å²) in [4.78, 5) is 0. The van der Waals surface area contributed by atoms with Crippen LogP contribution in [-0.2, 0) is 14.7 Å². The molecule has 0 aromatic heterocycles. The summed E-state index contributed by atoms with van der Waals surface area (Å²) in [6.45, 7) is 6.57. The monoisotopic (exact) mass is 316 g/mol. The zero-order valence-electron chi connectivity index (χ0n) is 11.3. The number of azo groups is 1. The molecule has 0 bridgehead atoms. The van der Waals surface area contributed by atoms with Crippen LogP contribution in [0.2, 0.25) is 0 Å². The number of hydrogen-bond donors (Lipinski definition) is 1. The van der Waals surface area contributed by atoms with Crippen molar-refractivity contribution in [1.82, 2.24) is 0 Å². The summed E-state index contributed by atoms with van der Waals surface area (Å²) in [5, 5.41) is 31.7. The van der Waals surface area contributed by atoms with E-state index in [-0.39, 0.29) is 51.4 Å². The number of nitrogens with zero attached hydrogens (tertiary/aromatic N) is 4. The van der Waals surface area contributed by atoms with Crippen molar-refractivity contribution in [3.63, 3.8) is 0 Å². The molecule has 0 amide bonds. The molecule has 9 nitrogen and oxygen atoms in total. The summed E-state index contributed by atoms with van der Waals surface area (Å²) in [5.74, 6) is 0. The Bertz CT molecular complexity index is 446. The first-order valence-electron chi connectivity index (χ1n) is 4.44. The van der Waals surface area contributed by atoms with Gasteiger partial charge in [-0.1, -0.05) is 0 Å². The third kappa shape index (κ3) is 18.0. The van der Waals surface area contributed by atoms with Crippen molar-refractivity contribution in [3.05, 3.63) is 0 Å². The summed E-state index contributed by atoms with van der Waals surface area (Å²) in [5.41, 5.74) is -1.68. The van der Waals surface area contributed by atoms with Gasteiger partial charge < -0.3 is 4.55 Å². The van der Waals surface area contributed by atoms with Crippen molar-refractivity contribution in [2.24, 2.45) is 10.2 Å². The van der Waals surface area contributed by atoms with Gasteiger partial charge in [0, 0.05) is 0 Å². The van der Waals surface area contributed by atoms with E-state index < -0.39 is 21.5 Å². The van der Waals surface area contributed by atoms with Crippen LogP contribution in [0.25, 0.3) is 0 Å². The molecule has 0 aromatic carbocycles. The zero-order chi connectivity index (χ0) is 15.0. The minimum absolute atomic E-state index is 0. The Morgan fingerprint density at radius 3 is 1.42 bits per heavy atom. The maximum atomic E-state index is 8.97. The van der Waals surface area contributed by atoms with Gasteiger partial charge >= 0.3 is 51.4 Å². The molecule has 0 atom stereocenters. The molecule has 0 saturated carbocycles. The average Bonchev–Trinajstić information content (AvgIpc) is 2.27. The van der Waals surface area contributed by atoms with Crippen molar-refractivity contribution in [1.29, 1.82) is 10.5 Å². The van der Waals surface area contributed by atoms with Crippen LogP contribution in [-0.4, -0.2) is 29.3 Å². The first kappa shape index (κ1) is 24.1. The van der Waals surface area contributed by atoms with Crippen LogP contribution >= 0.6 is 0 Å². The van der Waals surface area contributed by atoms with Gasteiger partial charge in [-0.25, -0.2) is 13.7 Å². The van der Waals surface area contributed by atoms with E-state index in [4.69, 9.17) is 28.8 Å². The predicted octanol–water partition coefficient (Wildman–Crippen LogP) is -2.02. The summed E-state index contributed by atoms with van der Waals surface area (Å²) in [6.07, 6.45) is 0. The largest absolute Gasteiger partial charge is 1.00 e. The molecule has 1 N–H and O–H groups in total. The Hall–Kier alpha value is 0.0464. The van der Waals surface area contributed by atoms with E-state index in [2.05, 4.69) is 14.6 Å². The van der Waals surface area contributed by atoms with Crippen LogP contribution in [0.3, 0.4) is 0 Å². The van der Waals surface area contributed by atoms with Crippen LogP contribution in [0.5, 0.6) is 0 Å². The molecule has 19 heavy (non-hydrogen) atoms. The molecule has 0 fully saturated rings. The van der Waals surface area contributed by atoms with Gasteiger partial charge in [0.15, 0.2) is 11.1 Å². The fourth-order valence-corrected chi connectivity index (χ4v) is 0.295. The fraction of sp³-hybridized carbons (Fsp3) is 0.750. The van der Waals surface area contributed by atoms with Gasteiger partial charge in [0.25, 0.3) is 0 Å². The Balaban J connectivity index is -0.000000313. The molecule has 0 aliphatic rings. The second-order valence-electron chi connectivity index (χ2n) is 4.02. The van der Waals surface area contributed by atoms with E-state index in [1.807, 2.05) is 12.1 Å². The summed E-state index contributed by atoms with van der Waals surface area (Å²) in [6, 6.07) is 3.94. The third-order valence-electron chi connectivity index (χ3n) is 1.19. The van der Waals surface area contributed by atoms with Gasteiger partial charge in [-0.05, 0) is 27.7 Å². The van der Waals surface area contributed by atoms with Gasteiger partial charge in [0.2, 0.25) is 10.4 Å². The quantitative estimate of drug-likeness (QED) is 0.157. The smallest absolute Gasteiger partial charge is 0.724 e. The van der Waals surface area contributed by atoms with Gasteiger partial charge in [0.1, 0.15) is 0 Å². The Morgan fingerprint density at radius 1 is 1.11 bits per heavy atom. The average molecular weight is 316 g/mol. The van der Waals surface area contributed by atoms with Crippen molar-refractivity contribution in [2.75, 3.05) is 0 Å². The molecular weight excluding hydrogens is 303 g/mol. The maximum absolute atomic E-state index is 8.97. The molecule has 0 saturated heterocycles. The summed E-state index contributed by atoms with van der Waals surface area (Å²) < 4.78 is 29.3. The fourth-order valence-electron chi connectivity index (χ4n) is 0.295. The number of rotatable bonds is 3. The molecule has 0 heterocycles. The molecule has 0 aromatic rings. The van der Waals surface area contributed by atoms with Crippen molar-refractivity contribution in [3.8, 4) is 12.1 Å². The maximum Gasteiger partial charge on any atom is 1.00 e. The molecule has 0 aliphatic carbocycles. The molecule has 0 aliphatic heterocycles. The number of nitriles is 2. The molecule has 11 heteroatoms. The van der Waals surface area contributed by atoms with Crippen LogP contribution in [0.4, 0.5) is 0 Å². The Labute approximate surface area is 154 Å².